The quantitative estimate of drug-likeness (QED) is 0.181. The smallest absolute Gasteiger partial charge is 0.189 e. The Balaban J connectivity index is 1.19. The molecule has 0 N–H and O–H groups in total. The Bertz CT molecular complexity index is 2900. The number of nitrogens with zero attached hydrogens (tertiary/aromatic N) is 5. The summed E-state index contributed by atoms with van der Waals surface area (Å²) in [6.45, 7) is 7.78. The van der Waals surface area contributed by atoms with Crippen molar-refractivity contribution >= 4 is 49.3 Å². The second-order valence-corrected chi connectivity index (χ2v) is 12.3. The summed E-state index contributed by atoms with van der Waals surface area (Å²) in [5.41, 5.74) is 11.6. The summed E-state index contributed by atoms with van der Waals surface area (Å²) >= 11 is 0. The first-order chi connectivity index (χ1) is 24.7. The van der Waals surface area contributed by atoms with Gasteiger partial charge in [-0.25, -0.2) is 4.85 Å². The lowest BCUT2D eigenvalue weighted by Crippen LogP contribution is -1.97. The highest BCUT2D eigenvalue weighted by atomic mass is 15.0. The first-order valence-corrected chi connectivity index (χ1v) is 16.3. The zero-order chi connectivity index (χ0) is 33.8. The van der Waals surface area contributed by atoms with E-state index in [1.807, 2.05) is 60.7 Å². The van der Waals surface area contributed by atoms with Crippen LogP contribution in [0.5, 0.6) is 0 Å². The zero-order valence-corrected chi connectivity index (χ0v) is 26.7. The van der Waals surface area contributed by atoms with Crippen LogP contribution in [0.3, 0.4) is 0 Å². The summed E-state index contributed by atoms with van der Waals surface area (Å²) in [5.74, 6) is 0. The van der Waals surface area contributed by atoms with Crippen LogP contribution < -0.4 is 0 Å². The molecule has 0 aliphatic carbocycles. The highest BCUT2D eigenvalue weighted by molar-refractivity contribution is 6.11. The van der Waals surface area contributed by atoms with Crippen molar-refractivity contribution in [3.63, 3.8) is 0 Å². The average molecular weight is 636 g/mol. The summed E-state index contributed by atoms with van der Waals surface area (Å²) in [6.07, 6.45) is 0. The van der Waals surface area contributed by atoms with Crippen molar-refractivity contribution in [2.75, 3.05) is 0 Å². The molecule has 0 saturated carbocycles. The Labute approximate surface area is 288 Å². The van der Waals surface area contributed by atoms with Gasteiger partial charge in [-0.05, 0) is 71.8 Å². The summed E-state index contributed by atoms with van der Waals surface area (Å²) in [4.78, 5) is 3.77. The number of nitriles is 2. The first-order valence-electron chi connectivity index (χ1n) is 16.3. The topological polar surface area (TPSA) is 61.8 Å². The molecular weight excluding hydrogens is 611 g/mol. The molecule has 230 valence electrons. The Morgan fingerprint density at radius 1 is 0.480 bits per heavy atom. The van der Waals surface area contributed by atoms with Crippen molar-refractivity contribution in [2.45, 2.75) is 0 Å². The van der Waals surface area contributed by atoms with Gasteiger partial charge < -0.3 is 9.13 Å². The molecule has 5 heteroatoms. The van der Waals surface area contributed by atoms with Gasteiger partial charge in [-0.1, -0.05) is 91.0 Å². The van der Waals surface area contributed by atoms with E-state index in [2.05, 4.69) is 117 Å². The van der Waals surface area contributed by atoms with Crippen LogP contribution in [0.15, 0.2) is 152 Å². The lowest BCUT2D eigenvalue weighted by atomic mass is 9.96. The van der Waals surface area contributed by atoms with Crippen LogP contribution in [-0.4, -0.2) is 9.13 Å². The van der Waals surface area contributed by atoms with Crippen molar-refractivity contribution in [2.24, 2.45) is 0 Å². The number of para-hydroxylation sites is 3. The van der Waals surface area contributed by atoms with Gasteiger partial charge in [0.15, 0.2) is 5.69 Å². The first kappa shape index (κ1) is 28.8. The van der Waals surface area contributed by atoms with Crippen LogP contribution in [0.2, 0.25) is 0 Å². The summed E-state index contributed by atoms with van der Waals surface area (Å²) in [5, 5.41) is 24.2. The summed E-state index contributed by atoms with van der Waals surface area (Å²) in [6, 6.07) is 55.5. The van der Waals surface area contributed by atoms with Crippen molar-refractivity contribution in [1.29, 1.82) is 10.5 Å². The summed E-state index contributed by atoms with van der Waals surface area (Å²) < 4.78 is 4.45. The fourth-order valence-electron chi connectivity index (χ4n) is 7.36. The standard InChI is InChI=1S/C45H25N5/c1-48-33-20-22-35(45(25-33)50-42-12-6-2-8-36(42)37-9-3-7-13-43(37)50)30-15-17-31(18-16-30)39-26-34(21-19-32(39)28-47)49-41-11-5-4-10-38(41)40-24-29(27-46)14-23-44(40)49/h2-26H. The van der Waals surface area contributed by atoms with Gasteiger partial charge in [-0.3, -0.25) is 0 Å². The van der Waals surface area contributed by atoms with Gasteiger partial charge in [0.05, 0.1) is 51.9 Å². The zero-order valence-electron chi connectivity index (χ0n) is 26.7. The lowest BCUT2D eigenvalue weighted by Gasteiger charge is -2.16. The average Bonchev–Trinajstić information content (AvgIpc) is 3.70. The third-order valence-corrected chi connectivity index (χ3v) is 9.62. The maximum atomic E-state index is 10.2. The molecule has 0 saturated heterocycles. The van der Waals surface area contributed by atoms with E-state index in [0.29, 0.717) is 16.8 Å². The minimum absolute atomic E-state index is 0.576. The van der Waals surface area contributed by atoms with E-state index in [1.165, 1.54) is 0 Å². The van der Waals surface area contributed by atoms with Crippen LogP contribution >= 0.6 is 0 Å². The normalized spacial score (nSPS) is 11.1. The third kappa shape index (κ3) is 4.38. The molecule has 0 fully saturated rings. The molecular formula is C45H25N5. The van der Waals surface area contributed by atoms with E-state index in [9.17, 15) is 10.5 Å². The number of hydrogen-bond donors (Lipinski definition) is 0. The van der Waals surface area contributed by atoms with E-state index in [-0.39, 0.29) is 0 Å². The van der Waals surface area contributed by atoms with Gasteiger partial charge in [0.2, 0.25) is 0 Å². The van der Waals surface area contributed by atoms with Crippen LogP contribution in [0.25, 0.3) is 82.1 Å². The molecule has 7 aromatic carbocycles. The maximum absolute atomic E-state index is 10.2. The second-order valence-electron chi connectivity index (χ2n) is 12.3. The molecule has 0 spiro atoms. The number of rotatable bonds is 4. The second kappa shape index (κ2) is 11.4. The van der Waals surface area contributed by atoms with Gasteiger partial charge in [-0.15, -0.1) is 0 Å². The summed E-state index contributed by atoms with van der Waals surface area (Å²) in [7, 11) is 0. The molecule has 9 aromatic rings. The fourth-order valence-corrected chi connectivity index (χ4v) is 7.36. The van der Waals surface area contributed by atoms with Gasteiger partial charge in [0.25, 0.3) is 0 Å². The highest BCUT2D eigenvalue weighted by Gasteiger charge is 2.18. The predicted molar refractivity (Wildman–Crippen MR) is 202 cm³/mol. The van der Waals surface area contributed by atoms with Gasteiger partial charge in [-0.2, -0.15) is 10.5 Å². The largest absolute Gasteiger partial charge is 0.310 e. The maximum Gasteiger partial charge on any atom is 0.189 e. The van der Waals surface area contributed by atoms with E-state index in [1.54, 1.807) is 0 Å². The Morgan fingerprint density at radius 3 is 1.68 bits per heavy atom. The molecule has 0 atom stereocenters. The van der Waals surface area contributed by atoms with Crippen LogP contribution in [-0.2, 0) is 0 Å². The van der Waals surface area contributed by atoms with E-state index in [4.69, 9.17) is 6.57 Å². The minimum atomic E-state index is 0.576. The van der Waals surface area contributed by atoms with Crippen molar-refractivity contribution in [3.05, 3.63) is 174 Å². The van der Waals surface area contributed by atoms with Crippen molar-refractivity contribution < 1.29 is 0 Å². The lowest BCUT2D eigenvalue weighted by molar-refractivity contribution is 1.18. The molecule has 2 aromatic heterocycles. The van der Waals surface area contributed by atoms with Gasteiger partial charge in [0, 0.05) is 44.0 Å². The van der Waals surface area contributed by atoms with E-state index < -0.39 is 0 Å². The molecule has 9 rings (SSSR count). The Morgan fingerprint density at radius 2 is 1.06 bits per heavy atom. The molecule has 50 heavy (non-hydrogen) atoms. The van der Waals surface area contributed by atoms with Crippen LogP contribution in [0, 0.1) is 29.2 Å². The molecule has 0 bridgehead atoms. The van der Waals surface area contributed by atoms with Crippen molar-refractivity contribution in [1.82, 2.24) is 9.13 Å². The monoisotopic (exact) mass is 635 g/mol. The molecule has 0 amide bonds. The molecule has 5 nitrogen and oxygen atoms in total. The SMILES string of the molecule is [C-]#[N+]c1ccc(-c2ccc(-c3cc(-n4c5ccccc5c5cc(C#N)ccc54)ccc3C#N)cc2)c(-n2c3ccccc3c3ccccc32)c1. The number of benzene rings is 7. The molecule has 2 heterocycles. The van der Waals surface area contributed by atoms with Gasteiger partial charge in [0.1, 0.15) is 0 Å². The molecule has 0 radical (unpaired) electrons. The molecule has 0 aliphatic heterocycles. The number of fused-ring (bicyclic) bond motifs is 6. The van der Waals surface area contributed by atoms with Gasteiger partial charge >= 0.3 is 0 Å². The van der Waals surface area contributed by atoms with Crippen LogP contribution in [0.4, 0.5) is 5.69 Å². The molecule has 0 unspecified atom stereocenters. The van der Waals surface area contributed by atoms with E-state index in [0.717, 1.165) is 77.2 Å². The van der Waals surface area contributed by atoms with Crippen LogP contribution in [0.1, 0.15) is 11.1 Å². The van der Waals surface area contributed by atoms with Crippen molar-refractivity contribution in [3.8, 4) is 45.8 Å². The number of hydrogen-bond acceptors (Lipinski definition) is 2. The highest BCUT2D eigenvalue weighted by Crippen LogP contribution is 2.39. The Kier molecular flexibility index (Phi) is 6.56. The fraction of sp³-hybridized carbons (Fsp3) is 0. The predicted octanol–water partition coefficient (Wildman–Crippen LogP) is 11.5. The Hall–Kier alpha value is -7.39. The third-order valence-electron chi connectivity index (χ3n) is 9.62. The molecule has 0 aliphatic rings. The minimum Gasteiger partial charge on any atom is -0.310 e. The van der Waals surface area contributed by atoms with E-state index >= 15 is 0 Å². The number of aromatic nitrogens is 2.